The summed E-state index contributed by atoms with van der Waals surface area (Å²) < 4.78 is 1.86. The summed E-state index contributed by atoms with van der Waals surface area (Å²) in [6, 6.07) is 6.06. The summed E-state index contributed by atoms with van der Waals surface area (Å²) in [4.78, 5) is 17.4. The van der Waals surface area contributed by atoms with Crippen LogP contribution in [0.25, 0.3) is 11.0 Å². The van der Waals surface area contributed by atoms with Crippen LogP contribution in [-0.2, 0) is 6.54 Å². The van der Waals surface area contributed by atoms with Crippen molar-refractivity contribution in [2.75, 3.05) is 19.6 Å². The van der Waals surface area contributed by atoms with E-state index < -0.39 is 0 Å². The highest BCUT2D eigenvalue weighted by Crippen LogP contribution is 2.14. The first-order chi connectivity index (χ1) is 8.75. The number of aryl methyl sites for hydroxylation is 1. The summed E-state index contributed by atoms with van der Waals surface area (Å²) in [5, 5.41) is 0. The molecular formula is C14H19N3O. The zero-order valence-corrected chi connectivity index (χ0v) is 10.8. The van der Waals surface area contributed by atoms with Crippen LogP contribution in [-0.4, -0.2) is 34.1 Å². The van der Waals surface area contributed by atoms with E-state index in [-0.39, 0.29) is 5.69 Å². The van der Waals surface area contributed by atoms with Crippen molar-refractivity contribution in [1.29, 1.82) is 0 Å². The van der Waals surface area contributed by atoms with Crippen LogP contribution in [0.2, 0.25) is 0 Å². The van der Waals surface area contributed by atoms with Crippen LogP contribution in [0, 0.1) is 6.92 Å². The van der Waals surface area contributed by atoms with Gasteiger partial charge in [0, 0.05) is 13.1 Å². The van der Waals surface area contributed by atoms with Crippen molar-refractivity contribution < 1.29 is 0 Å². The molecule has 18 heavy (non-hydrogen) atoms. The van der Waals surface area contributed by atoms with Gasteiger partial charge in [-0.1, -0.05) is 12.1 Å². The molecule has 1 saturated heterocycles. The minimum Gasteiger partial charge on any atom is -0.305 e. The van der Waals surface area contributed by atoms with Crippen molar-refractivity contribution in [3.05, 3.63) is 34.2 Å². The van der Waals surface area contributed by atoms with E-state index in [4.69, 9.17) is 0 Å². The molecule has 4 nitrogen and oxygen atoms in total. The number of hydrogen-bond acceptors (Lipinski definition) is 2. The molecular weight excluding hydrogens is 226 g/mol. The van der Waals surface area contributed by atoms with E-state index in [2.05, 4.69) is 9.88 Å². The molecule has 1 N–H and O–H groups in total. The number of imidazole rings is 1. The van der Waals surface area contributed by atoms with Crippen molar-refractivity contribution >= 4 is 11.0 Å². The minimum absolute atomic E-state index is 0.0125. The summed E-state index contributed by atoms with van der Waals surface area (Å²) in [6.07, 6.45) is 2.59. The monoisotopic (exact) mass is 245 g/mol. The highest BCUT2D eigenvalue weighted by molar-refractivity contribution is 5.78. The van der Waals surface area contributed by atoms with Crippen LogP contribution in [0.5, 0.6) is 0 Å². The standard InChI is InChI=1S/C14H19N3O/c1-11-5-4-6-12-13(11)15-14(18)17(12)10-9-16-7-2-3-8-16/h4-6H,2-3,7-10H2,1H3,(H,15,18). The molecule has 0 bridgehead atoms. The number of hydrogen-bond donors (Lipinski definition) is 1. The van der Waals surface area contributed by atoms with Crippen molar-refractivity contribution in [2.24, 2.45) is 0 Å². The molecule has 2 heterocycles. The zero-order valence-electron chi connectivity index (χ0n) is 10.8. The highest BCUT2D eigenvalue weighted by atomic mass is 16.1. The number of aromatic amines is 1. The Hall–Kier alpha value is -1.55. The topological polar surface area (TPSA) is 41.0 Å². The number of nitrogens with one attached hydrogen (secondary N) is 1. The Bertz CT molecular complexity index is 605. The minimum atomic E-state index is 0.0125. The Labute approximate surface area is 106 Å². The number of nitrogens with zero attached hydrogens (tertiary/aromatic N) is 2. The van der Waals surface area contributed by atoms with Crippen LogP contribution in [0.3, 0.4) is 0 Å². The number of rotatable bonds is 3. The van der Waals surface area contributed by atoms with Gasteiger partial charge in [-0.3, -0.25) is 4.57 Å². The predicted molar refractivity (Wildman–Crippen MR) is 73.0 cm³/mol. The molecule has 0 spiro atoms. The molecule has 1 aliphatic heterocycles. The second kappa shape index (κ2) is 4.61. The molecule has 96 valence electrons. The van der Waals surface area contributed by atoms with Crippen LogP contribution >= 0.6 is 0 Å². The zero-order chi connectivity index (χ0) is 12.5. The van der Waals surface area contributed by atoms with Gasteiger partial charge in [0.2, 0.25) is 0 Å². The fourth-order valence-electron chi connectivity index (χ4n) is 2.79. The molecule has 1 aliphatic rings. The first kappa shape index (κ1) is 11.5. The fraction of sp³-hybridized carbons (Fsp3) is 0.500. The molecule has 0 amide bonds. The van der Waals surface area contributed by atoms with Gasteiger partial charge in [-0.2, -0.15) is 0 Å². The summed E-state index contributed by atoms with van der Waals surface area (Å²) in [6.45, 7) is 6.14. The number of likely N-dealkylation sites (tertiary alicyclic amines) is 1. The van der Waals surface area contributed by atoms with Gasteiger partial charge in [-0.05, 0) is 44.5 Å². The molecule has 0 saturated carbocycles. The molecule has 3 rings (SSSR count). The second-order valence-corrected chi connectivity index (χ2v) is 5.10. The van der Waals surface area contributed by atoms with Gasteiger partial charge in [0.25, 0.3) is 0 Å². The quantitative estimate of drug-likeness (QED) is 0.894. The molecule has 0 radical (unpaired) electrons. The molecule has 4 heteroatoms. The normalized spacial score (nSPS) is 16.7. The maximum Gasteiger partial charge on any atom is 0.326 e. The number of fused-ring (bicyclic) bond motifs is 1. The van der Waals surface area contributed by atoms with E-state index in [0.717, 1.165) is 29.7 Å². The fourth-order valence-corrected chi connectivity index (χ4v) is 2.79. The average molecular weight is 245 g/mol. The van der Waals surface area contributed by atoms with Gasteiger partial charge in [-0.25, -0.2) is 4.79 Å². The van der Waals surface area contributed by atoms with Crippen LogP contribution < -0.4 is 5.69 Å². The Morgan fingerprint density at radius 3 is 2.78 bits per heavy atom. The van der Waals surface area contributed by atoms with Crippen LogP contribution in [0.15, 0.2) is 23.0 Å². The maximum absolute atomic E-state index is 12.0. The third-order valence-electron chi connectivity index (χ3n) is 3.86. The Morgan fingerprint density at radius 1 is 1.22 bits per heavy atom. The van der Waals surface area contributed by atoms with E-state index in [1.807, 2.05) is 29.7 Å². The highest BCUT2D eigenvalue weighted by Gasteiger charge is 2.13. The summed E-state index contributed by atoms with van der Waals surface area (Å²) in [5.74, 6) is 0. The average Bonchev–Trinajstić information content (AvgIpc) is 2.95. The SMILES string of the molecule is Cc1cccc2c1[nH]c(=O)n2CCN1CCCC1. The maximum atomic E-state index is 12.0. The van der Waals surface area contributed by atoms with Crippen molar-refractivity contribution in [3.63, 3.8) is 0 Å². The number of H-pyrrole nitrogens is 1. The Morgan fingerprint density at radius 2 is 2.00 bits per heavy atom. The lowest BCUT2D eigenvalue weighted by atomic mass is 10.2. The van der Waals surface area contributed by atoms with Gasteiger partial charge in [0.1, 0.15) is 0 Å². The van der Waals surface area contributed by atoms with E-state index in [9.17, 15) is 4.79 Å². The Kier molecular flexibility index (Phi) is 2.96. The summed E-state index contributed by atoms with van der Waals surface area (Å²) in [7, 11) is 0. The number of para-hydroxylation sites is 1. The van der Waals surface area contributed by atoms with Crippen molar-refractivity contribution in [2.45, 2.75) is 26.3 Å². The summed E-state index contributed by atoms with van der Waals surface area (Å²) in [5.41, 5.74) is 3.14. The number of benzene rings is 1. The van der Waals surface area contributed by atoms with Gasteiger partial charge < -0.3 is 9.88 Å². The van der Waals surface area contributed by atoms with Gasteiger partial charge in [0.05, 0.1) is 11.0 Å². The van der Waals surface area contributed by atoms with E-state index in [1.54, 1.807) is 0 Å². The van der Waals surface area contributed by atoms with Crippen LogP contribution in [0.4, 0.5) is 0 Å². The molecule has 1 aromatic carbocycles. The van der Waals surface area contributed by atoms with Crippen LogP contribution in [0.1, 0.15) is 18.4 Å². The van der Waals surface area contributed by atoms with E-state index >= 15 is 0 Å². The van der Waals surface area contributed by atoms with E-state index in [0.29, 0.717) is 0 Å². The number of aromatic nitrogens is 2. The third kappa shape index (κ3) is 1.97. The van der Waals surface area contributed by atoms with Gasteiger partial charge in [0.15, 0.2) is 0 Å². The third-order valence-corrected chi connectivity index (χ3v) is 3.86. The van der Waals surface area contributed by atoms with Gasteiger partial charge in [-0.15, -0.1) is 0 Å². The lowest BCUT2D eigenvalue weighted by Gasteiger charge is -2.14. The van der Waals surface area contributed by atoms with Crippen molar-refractivity contribution in [3.8, 4) is 0 Å². The molecule has 1 aromatic heterocycles. The van der Waals surface area contributed by atoms with Crippen molar-refractivity contribution in [1.82, 2.24) is 14.5 Å². The Balaban J connectivity index is 1.89. The molecule has 2 aromatic rings. The summed E-state index contributed by atoms with van der Waals surface area (Å²) >= 11 is 0. The second-order valence-electron chi connectivity index (χ2n) is 5.10. The molecule has 0 unspecified atom stereocenters. The first-order valence-corrected chi connectivity index (χ1v) is 6.66. The largest absolute Gasteiger partial charge is 0.326 e. The first-order valence-electron chi connectivity index (χ1n) is 6.66. The smallest absolute Gasteiger partial charge is 0.305 e. The lowest BCUT2D eigenvalue weighted by Crippen LogP contribution is -2.28. The van der Waals surface area contributed by atoms with E-state index in [1.165, 1.54) is 25.9 Å². The molecule has 0 aliphatic carbocycles. The lowest BCUT2D eigenvalue weighted by molar-refractivity contribution is 0.322. The predicted octanol–water partition coefficient (Wildman–Crippen LogP) is 1.73. The molecule has 0 atom stereocenters. The molecule has 1 fully saturated rings. The van der Waals surface area contributed by atoms with Gasteiger partial charge >= 0.3 is 5.69 Å².